The Morgan fingerprint density at radius 1 is 1.23 bits per heavy atom. The Hall–Kier alpha value is -2.58. The molecule has 2 aromatic rings. The molecule has 1 aliphatic heterocycles. The van der Waals surface area contributed by atoms with Crippen molar-refractivity contribution in [3.05, 3.63) is 39.8 Å². The van der Waals surface area contributed by atoms with Crippen molar-refractivity contribution < 1.29 is 19.1 Å². The molecule has 2 aliphatic rings. The van der Waals surface area contributed by atoms with Crippen molar-refractivity contribution in [1.29, 1.82) is 0 Å². The summed E-state index contributed by atoms with van der Waals surface area (Å²) in [6.07, 6.45) is 4.74. The number of thiophene rings is 1. The largest absolute Gasteiger partial charge is 0.497 e. The number of anilines is 1. The molecule has 1 aliphatic carbocycles. The first-order valence-corrected chi connectivity index (χ1v) is 11.5. The number of nitrogens with one attached hydrogen (secondary N) is 1. The molecule has 1 saturated heterocycles. The van der Waals surface area contributed by atoms with Crippen LogP contribution >= 0.6 is 11.3 Å². The number of methoxy groups -OCH3 is 2. The van der Waals surface area contributed by atoms with Crippen LogP contribution in [0, 0.1) is 0 Å². The fourth-order valence-corrected chi connectivity index (χ4v) is 6.10. The number of aryl methyl sites for hydroxylation is 1. The average molecular weight is 444 g/mol. The van der Waals surface area contributed by atoms with Crippen molar-refractivity contribution in [2.75, 3.05) is 26.1 Å². The first kappa shape index (κ1) is 21.6. The molecule has 166 valence electrons. The summed E-state index contributed by atoms with van der Waals surface area (Å²) in [5, 5.41) is 3.59. The summed E-state index contributed by atoms with van der Waals surface area (Å²) in [5.74, 6) is 0.952. The van der Waals surface area contributed by atoms with Crippen LogP contribution in [-0.2, 0) is 17.6 Å². The molecule has 1 fully saturated rings. The second kappa shape index (κ2) is 8.88. The lowest BCUT2D eigenvalue weighted by molar-refractivity contribution is -0.121. The summed E-state index contributed by atoms with van der Waals surface area (Å²) < 4.78 is 11.0. The van der Waals surface area contributed by atoms with Crippen LogP contribution in [0.1, 0.15) is 58.6 Å². The van der Waals surface area contributed by atoms with Gasteiger partial charge in [-0.2, -0.15) is 0 Å². The van der Waals surface area contributed by atoms with Crippen molar-refractivity contribution >= 4 is 28.2 Å². The molecule has 1 aromatic carbocycles. The van der Waals surface area contributed by atoms with Crippen molar-refractivity contribution in [3.63, 3.8) is 0 Å². The van der Waals surface area contributed by atoms with Crippen LogP contribution in [0.5, 0.6) is 11.5 Å². The second-order valence-corrected chi connectivity index (χ2v) is 9.20. The Morgan fingerprint density at radius 3 is 2.74 bits per heavy atom. The van der Waals surface area contributed by atoms with Crippen LogP contribution in [-0.4, -0.2) is 43.5 Å². The first-order valence-electron chi connectivity index (χ1n) is 10.7. The number of primary amides is 1. The van der Waals surface area contributed by atoms with Gasteiger partial charge in [-0.15, -0.1) is 11.3 Å². The quantitative estimate of drug-likeness (QED) is 0.683. The molecule has 0 spiro atoms. The predicted molar refractivity (Wildman–Crippen MR) is 121 cm³/mol. The number of likely N-dealkylation sites (tertiary alicyclic amines) is 1. The Kier molecular flexibility index (Phi) is 6.20. The molecule has 4 rings (SSSR count). The molecule has 2 unspecified atom stereocenters. The van der Waals surface area contributed by atoms with E-state index in [0.717, 1.165) is 66.2 Å². The minimum absolute atomic E-state index is 0.0507. The van der Waals surface area contributed by atoms with Gasteiger partial charge < -0.3 is 20.5 Å². The highest BCUT2D eigenvalue weighted by Crippen LogP contribution is 2.41. The van der Waals surface area contributed by atoms with Gasteiger partial charge in [0.25, 0.3) is 5.91 Å². The molecule has 0 radical (unpaired) electrons. The van der Waals surface area contributed by atoms with E-state index in [-0.39, 0.29) is 18.0 Å². The van der Waals surface area contributed by atoms with Gasteiger partial charge in [0.2, 0.25) is 5.91 Å². The number of carbonyl (C=O) groups is 2. The maximum atomic E-state index is 13.2. The van der Waals surface area contributed by atoms with Gasteiger partial charge in [0, 0.05) is 16.5 Å². The Labute approximate surface area is 186 Å². The standard InChI is InChI=1S/C23H29N3O4S/c1-13(22(28)25-23-20(21(24)27)15-6-4-8-19(15)31-23)26-11-5-7-17(26)16-12-14(29-2)9-10-18(16)30-3/h9-10,12-13,17H,4-8,11H2,1-3H3,(H2,24,27)(H,25,28). The van der Waals surface area contributed by atoms with Gasteiger partial charge >= 0.3 is 0 Å². The van der Waals surface area contributed by atoms with Gasteiger partial charge in [-0.05, 0) is 69.3 Å². The molecule has 2 amide bonds. The molecule has 31 heavy (non-hydrogen) atoms. The van der Waals surface area contributed by atoms with Gasteiger partial charge in [0.1, 0.15) is 16.5 Å². The number of hydrogen-bond acceptors (Lipinski definition) is 6. The zero-order chi connectivity index (χ0) is 22.1. The van der Waals surface area contributed by atoms with E-state index >= 15 is 0 Å². The number of hydrogen-bond donors (Lipinski definition) is 2. The number of ether oxygens (including phenoxy) is 2. The third-order valence-corrected chi connectivity index (χ3v) is 7.58. The van der Waals surface area contributed by atoms with Crippen LogP contribution in [0.4, 0.5) is 5.00 Å². The van der Waals surface area contributed by atoms with E-state index in [4.69, 9.17) is 15.2 Å². The summed E-state index contributed by atoms with van der Waals surface area (Å²) in [7, 11) is 3.30. The molecule has 0 bridgehead atoms. The Balaban J connectivity index is 1.56. The van der Waals surface area contributed by atoms with E-state index in [1.165, 1.54) is 11.3 Å². The van der Waals surface area contributed by atoms with Crippen LogP contribution in [0.15, 0.2) is 18.2 Å². The summed E-state index contributed by atoms with van der Waals surface area (Å²) in [4.78, 5) is 28.6. The van der Waals surface area contributed by atoms with Crippen molar-refractivity contribution in [3.8, 4) is 11.5 Å². The minimum Gasteiger partial charge on any atom is -0.497 e. The number of amides is 2. The first-order chi connectivity index (χ1) is 14.9. The smallest absolute Gasteiger partial charge is 0.251 e. The van der Waals surface area contributed by atoms with Crippen molar-refractivity contribution in [2.24, 2.45) is 5.73 Å². The second-order valence-electron chi connectivity index (χ2n) is 8.09. The molecular weight excluding hydrogens is 414 g/mol. The van der Waals surface area contributed by atoms with E-state index < -0.39 is 5.91 Å². The molecular formula is C23H29N3O4S. The number of rotatable bonds is 7. The van der Waals surface area contributed by atoms with Crippen molar-refractivity contribution in [1.82, 2.24) is 4.90 Å². The van der Waals surface area contributed by atoms with Crippen LogP contribution in [0.25, 0.3) is 0 Å². The fraction of sp³-hybridized carbons (Fsp3) is 0.478. The summed E-state index contributed by atoms with van der Waals surface area (Å²) in [6, 6.07) is 5.44. The molecule has 3 N–H and O–H groups in total. The topological polar surface area (TPSA) is 93.9 Å². The number of nitrogens with zero attached hydrogens (tertiary/aromatic N) is 1. The van der Waals surface area contributed by atoms with Gasteiger partial charge in [0.15, 0.2) is 0 Å². The third-order valence-electron chi connectivity index (χ3n) is 6.37. The molecule has 2 heterocycles. The zero-order valence-electron chi connectivity index (χ0n) is 18.2. The molecule has 2 atom stereocenters. The van der Waals surface area contributed by atoms with Gasteiger partial charge in [-0.1, -0.05) is 0 Å². The number of carbonyl (C=O) groups excluding carboxylic acids is 2. The van der Waals surface area contributed by atoms with E-state index in [1.54, 1.807) is 14.2 Å². The third kappa shape index (κ3) is 4.02. The van der Waals surface area contributed by atoms with E-state index in [1.807, 2.05) is 25.1 Å². The van der Waals surface area contributed by atoms with E-state index in [9.17, 15) is 9.59 Å². The highest BCUT2D eigenvalue weighted by atomic mass is 32.1. The minimum atomic E-state index is -0.470. The zero-order valence-corrected chi connectivity index (χ0v) is 19.0. The summed E-state index contributed by atoms with van der Waals surface area (Å²) in [5.41, 5.74) is 8.17. The highest BCUT2D eigenvalue weighted by molar-refractivity contribution is 7.17. The van der Waals surface area contributed by atoms with Gasteiger partial charge in [0.05, 0.1) is 25.8 Å². The monoisotopic (exact) mass is 443 g/mol. The molecule has 8 heteroatoms. The lowest BCUT2D eigenvalue weighted by Gasteiger charge is -2.31. The molecule has 0 saturated carbocycles. The predicted octanol–water partition coefficient (Wildman–Crippen LogP) is 3.52. The average Bonchev–Trinajstić information content (AvgIpc) is 3.48. The van der Waals surface area contributed by atoms with Gasteiger partial charge in [-0.25, -0.2) is 0 Å². The van der Waals surface area contributed by atoms with Gasteiger partial charge in [-0.3, -0.25) is 14.5 Å². The Bertz CT molecular complexity index is 1000. The number of benzene rings is 1. The molecule has 7 nitrogen and oxygen atoms in total. The lowest BCUT2D eigenvalue weighted by atomic mass is 10.0. The summed E-state index contributed by atoms with van der Waals surface area (Å²) in [6.45, 7) is 2.72. The SMILES string of the molecule is COc1ccc(OC)c(C2CCCN2C(C)C(=O)Nc2sc3c(c2C(N)=O)CCC3)c1. The fourth-order valence-electron chi connectivity index (χ4n) is 4.81. The maximum Gasteiger partial charge on any atom is 0.251 e. The molecule has 1 aromatic heterocycles. The maximum absolute atomic E-state index is 13.2. The number of fused-ring (bicyclic) bond motifs is 1. The Morgan fingerprint density at radius 2 is 2.03 bits per heavy atom. The van der Waals surface area contributed by atoms with E-state index in [2.05, 4.69) is 10.2 Å². The summed E-state index contributed by atoms with van der Waals surface area (Å²) >= 11 is 1.49. The number of nitrogens with two attached hydrogens (primary N) is 1. The highest BCUT2D eigenvalue weighted by Gasteiger charge is 2.35. The van der Waals surface area contributed by atoms with Crippen LogP contribution < -0.4 is 20.5 Å². The lowest BCUT2D eigenvalue weighted by Crippen LogP contribution is -2.41. The van der Waals surface area contributed by atoms with E-state index in [0.29, 0.717) is 10.6 Å². The van der Waals surface area contributed by atoms with Crippen molar-refractivity contribution in [2.45, 2.75) is 51.1 Å². The van der Waals surface area contributed by atoms with Crippen LogP contribution in [0.3, 0.4) is 0 Å². The normalized spacial score (nSPS) is 19.1. The van der Waals surface area contributed by atoms with Crippen LogP contribution in [0.2, 0.25) is 0 Å².